The molecule has 4 aromatic carbocycles. The van der Waals surface area contributed by atoms with Crippen LogP contribution in [-0.4, -0.2) is 78.9 Å². The topological polar surface area (TPSA) is 107 Å². The Kier molecular flexibility index (Phi) is 14.5. The van der Waals surface area contributed by atoms with Crippen molar-refractivity contribution in [1.29, 1.82) is 0 Å². The number of fused-ring (bicyclic) bond motifs is 2. The van der Waals surface area contributed by atoms with Crippen LogP contribution in [0.1, 0.15) is 92.8 Å². The van der Waals surface area contributed by atoms with Gasteiger partial charge in [0, 0.05) is 37.4 Å². The van der Waals surface area contributed by atoms with E-state index in [4.69, 9.17) is 18.9 Å². The lowest BCUT2D eigenvalue weighted by atomic mass is 9.70. The number of nitrogens with zero attached hydrogens (tertiary/aromatic N) is 1. The van der Waals surface area contributed by atoms with Gasteiger partial charge in [0.15, 0.2) is 0 Å². The van der Waals surface area contributed by atoms with Gasteiger partial charge in [0.2, 0.25) is 11.7 Å². The lowest BCUT2D eigenvalue weighted by Gasteiger charge is -2.54. The first-order valence-electron chi connectivity index (χ1n) is 21.5. The highest BCUT2D eigenvalue weighted by Crippen LogP contribution is 2.57. The predicted octanol–water partition coefficient (Wildman–Crippen LogP) is 8.10. The molecule has 2 aliphatic rings. The number of carbonyl (C=O) groups excluding carboxylic acids is 2. The molecule has 2 saturated heterocycles. The molecule has 6 rings (SSSR count). The molecule has 322 valence electrons. The van der Waals surface area contributed by atoms with Gasteiger partial charge in [-0.05, 0) is 93.6 Å². The zero-order valence-corrected chi connectivity index (χ0v) is 37.0. The summed E-state index contributed by atoms with van der Waals surface area (Å²) in [4.78, 5) is 27.6. The first kappa shape index (κ1) is 45.3. The van der Waals surface area contributed by atoms with Gasteiger partial charge in [-0.1, -0.05) is 118 Å². The quantitative estimate of drug-likeness (QED) is 0.0923. The number of ether oxygens (including phenoxy) is 4. The van der Waals surface area contributed by atoms with Crippen LogP contribution in [0.4, 0.5) is 0 Å². The lowest BCUT2D eigenvalue weighted by Crippen LogP contribution is -2.68. The number of ketones is 1. The van der Waals surface area contributed by atoms with Crippen molar-refractivity contribution in [2.75, 3.05) is 33.8 Å². The highest BCUT2D eigenvalue weighted by atomic mass is 16.8. The number of amides is 1. The fourth-order valence-corrected chi connectivity index (χ4v) is 8.69. The summed E-state index contributed by atoms with van der Waals surface area (Å²) in [7, 11) is 3.93. The van der Waals surface area contributed by atoms with Gasteiger partial charge in [-0.3, -0.25) is 9.59 Å². The Labute approximate surface area is 357 Å². The Morgan fingerprint density at radius 3 is 2.08 bits per heavy atom. The second-order valence-corrected chi connectivity index (χ2v) is 18.4. The first-order chi connectivity index (χ1) is 28.5. The molecule has 0 aromatic heterocycles. The fourth-order valence-electron chi connectivity index (χ4n) is 8.69. The highest BCUT2D eigenvalue weighted by molar-refractivity contribution is 5.89. The van der Waals surface area contributed by atoms with E-state index in [1.807, 2.05) is 81.4 Å². The van der Waals surface area contributed by atoms with Gasteiger partial charge in [-0.15, -0.1) is 0 Å². The molecule has 0 spiro atoms. The maximum absolute atomic E-state index is 12.9. The summed E-state index contributed by atoms with van der Waals surface area (Å²) in [6.45, 7) is 13.7. The van der Waals surface area contributed by atoms with Crippen LogP contribution in [0.15, 0.2) is 103 Å². The van der Waals surface area contributed by atoms with E-state index in [-0.39, 0.29) is 30.6 Å². The summed E-state index contributed by atoms with van der Waals surface area (Å²) in [5.74, 6) is -1.60. The molecule has 1 amide bonds. The Hall–Kier alpha value is -4.22. The summed E-state index contributed by atoms with van der Waals surface area (Å²) >= 11 is 0. The number of Topliss-reactive ketones (excluding diaryl/α,β-unsaturated/α-hetero) is 1. The number of nitrogens with one attached hydrogen (secondary N) is 1. The van der Waals surface area contributed by atoms with Crippen LogP contribution in [0.2, 0.25) is 0 Å². The van der Waals surface area contributed by atoms with Gasteiger partial charge in [0.1, 0.15) is 17.5 Å². The van der Waals surface area contributed by atoms with Crippen molar-refractivity contribution in [1.82, 2.24) is 10.2 Å². The predicted molar refractivity (Wildman–Crippen MR) is 235 cm³/mol. The van der Waals surface area contributed by atoms with Gasteiger partial charge < -0.3 is 34.3 Å². The number of benzene rings is 4. The molecule has 4 aromatic rings. The third kappa shape index (κ3) is 10.4. The number of likely N-dealkylation sites (N-methyl/N-ethyl adjacent to an activating group) is 1. The Bertz CT molecular complexity index is 2030. The van der Waals surface area contributed by atoms with Gasteiger partial charge in [-0.2, -0.15) is 0 Å². The first-order valence-corrected chi connectivity index (χ1v) is 21.5. The molecule has 0 radical (unpaired) electrons. The largest absolute Gasteiger partial charge is 0.387 e. The minimum absolute atomic E-state index is 0.0826. The molecule has 2 bridgehead atoms. The second-order valence-electron chi connectivity index (χ2n) is 18.4. The Morgan fingerprint density at radius 1 is 0.850 bits per heavy atom. The van der Waals surface area contributed by atoms with Crippen LogP contribution in [0.25, 0.3) is 0 Å². The monoisotopic (exact) mass is 818 g/mol. The standard InChI is InChI=1S/C51H66N2O7/c1-36-22-27-43(31-42(36)30-39-25-23-38(24-26-39)20-15-21-44(54)32-48(3,4)47(55)52-28-29-53(7)8)51-46(58-34-41-18-13-10-14-19-41)45(57-33-40-16-11-9-12-17-40)37(2)50(60-51,35-59-51)49(5,6)56/h9-14,16-19,22-27,31,37,45-46,56H,15,20-21,28-30,32-35H2,1-8H3,(H,52,55)/t37-,45-,46+,50-,51-/m0/s1. The molecule has 5 atom stereocenters. The van der Waals surface area contributed by atoms with Gasteiger partial charge >= 0.3 is 0 Å². The van der Waals surface area contributed by atoms with E-state index >= 15 is 0 Å². The van der Waals surface area contributed by atoms with Crippen molar-refractivity contribution in [2.45, 2.75) is 116 Å². The van der Waals surface area contributed by atoms with E-state index in [9.17, 15) is 14.7 Å². The molecule has 2 N–H and O–H groups in total. The number of rotatable bonds is 20. The SMILES string of the molecule is Cc1ccc([C@]23OC[C@](C(C)(C)O)(O2)[C@@H](C)[C@H](OCc2ccccc2)[C@H]3OCc2ccccc2)cc1Cc1ccc(CCCC(=O)CC(C)(C)C(=O)NCCN(C)C)cc1. The molecular formula is C51H66N2O7. The third-order valence-electron chi connectivity index (χ3n) is 12.5. The summed E-state index contributed by atoms with van der Waals surface area (Å²) in [6.07, 6.45) is 1.74. The van der Waals surface area contributed by atoms with E-state index in [2.05, 4.69) is 73.8 Å². The maximum Gasteiger partial charge on any atom is 0.226 e. The van der Waals surface area contributed by atoms with Gasteiger partial charge in [-0.25, -0.2) is 0 Å². The van der Waals surface area contributed by atoms with E-state index in [1.165, 1.54) is 5.56 Å². The van der Waals surface area contributed by atoms with Crippen LogP contribution in [0.3, 0.4) is 0 Å². The molecule has 0 unspecified atom stereocenters. The average molecular weight is 819 g/mol. The van der Waals surface area contributed by atoms with Crippen LogP contribution >= 0.6 is 0 Å². The number of hydrogen-bond acceptors (Lipinski definition) is 8. The van der Waals surface area contributed by atoms with Crippen molar-refractivity contribution < 1.29 is 33.6 Å². The molecule has 2 heterocycles. The zero-order valence-electron chi connectivity index (χ0n) is 37.0. The third-order valence-corrected chi connectivity index (χ3v) is 12.5. The van der Waals surface area contributed by atoms with E-state index < -0.39 is 34.6 Å². The molecule has 2 fully saturated rings. The second kappa shape index (κ2) is 19.2. The molecule has 0 aliphatic carbocycles. The van der Waals surface area contributed by atoms with E-state index in [0.717, 1.165) is 52.8 Å². The molecule has 60 heavy (non-hydrogen) atoms. The molecule has 9 heteroatoms. The Morgan fingerprint density at radius 2 is 1.47 bits per heavy atom. The van der Waals surface area contributed by atoms with E-state index in [0.29, 0.717) is 32.6 Å². The van der Waals surface area contributed by atoms with Crippen molar-refractivity contribution >= 4 is 11.7 Å². The van der Waals surface area contributed by atoms with E-state index in [1.54, 1.807) is 13.8 Å². The lowest BCUT2D eigenvalue weighted by molar-refractivity contribution is -0.352. The number of aryl methyl sites for hydroxylation is 2. The van der Waals surface area contributed by atoms with Gasteiger partial charge in [0.25, 0.3) is 0 Å². The summed E-state index contributed by atoms with van der Waals surface area (Å²) in [5, 5.41) is 14.8. The number of carbonyl (C=O) groups is 2. The Balaban J connectivity index is 1.19. The molecule has 0 saturated carbocycles. The smallest absolute Gasteiger partial charge is 0.226 e. The summed E-state index contributed by atoms with van der Waals surface area (Å²) in [6, 6.07) is 35.1. The van der Waals surface area contributed by atoms with Crippen LogP contribution < -0.4 is 5.32 Å². The highest BCUT2D eigenvalue weighted by Gasteiger charge is 2.71. The van der Waals surface area contributed by atoms with Crippen LogP contribution in [-0.2, 0) is 60.4 Å². The molecule has 9 nitrogen and oxygen atoms in total. The normalized spacial score (nSPS) is 22.9. The molecular weight excluding hydrogens is 753 g/mol. The number of hydrogen-bond donors (Lipinski definition) is 2. The molecule has 2 aliphatic heterocycles. The maximum atomic E-state index is 12.9. The van der Waals surface area contributed by atoms with Crippen molar-refractivity contribution in [2.24, 2.45) is 11.3 Å². The van der Waals surface area contributed by atoms with Crippen molar-refractivity contribution in [3.8, 4) is 0 Å². The summed E-state index contributed by atoms with van der Waals surface area (Å²) in [5.41, 5.74) is 4.43. The fraction of sp³-hybridized carbons (Fsp3) is 0.490. The average Bonchev–Trinajstić information content (AvgIpc) is 3.60. The summed E-state index contributed by atoms with van der Waals surface area (Å²) < 4.78 is 27.8. The van der Waals surface area contributed by atoms with Crippen molar-refractivity contribution in [3.05, 3.63) is 142 Å². The number of aliphatic hydroxyl groups is 1. The van der Waals surface area contributed by atoms with Crippen LogP contribution in [0, 0.1) is 18.3 Å². The minimum atomic E-state index is -1.35. The van der Waals surface area contributed by atoms with Crippen molar-refractivity contribution in [3.63, 3.8) is 0 Å². The minimum Gasteiger partial charge on any atom is -0.387 e. The zero-order chi connectivity index (χ0) is 43.1. The van der Waals surface area contributed by atoms with Gasteiger partial charge in [0.05, 0.1) is 36.9 Å². The van der Waals surface area contributed by atoms with Crippen LogP contribution in [0.5, 0.6) is 0 Å².